The standard InChI is InChI=1S/C12H18N2O.C11H11Cl2NO2/c1-9(2)10-5-7-11(8-6-10)13-12(15)14(3)4;1-7-6-16-9-5-3-2-4-8(9)14(7)11(15)10(12)13/h5-9H,1-4H3,(H,13,15);2-5,7,10H,6H2,1H3. The quantitative estimate of drug-likeness (QED) is 0.607. The molecule has 2 aromatic carbocycles. The normalized spacial score (nSPS) is 14.9. The van der Waals surface area contributed by atoms with Crippen LogP contribution in [0.2, 0.25) is 0 Å². The van der Waals surface area contributed by atoms with Gasteiger partial charge in [0.1, 0.15) is 12.4 Å². The molecular formula is C23H29Cl2N3O3. The van der Waals surface area contributed by atoms with Crippen molar-refractivity contribution in [2.45, 2.75) is 37.6 Å². The van der Waals surface area contributed by atoms with E-state index in [0.29, 0.717) is 18.3 Å². The van der Waals surface area contributed by atoms with Crippen LogP contribution in [0, 0.1) is 0 Å². The summed E-state index contributed by atoms with van der Waals surface area (Å²) in [5.41, 5.74) is 2.83. The molecule has 0 spiro atoms. The molecule has 0 aliphatic carbocycles. The Bertz CT molecular complexity index is 886. The second-order valence-electron chi connectivity index (χ2n) is 7.74. The number of hydrogen-bond acceptors (Lipinski definition) is 3. The van der Waals surface area contributed by atoms with Gasteiger partial charge in [-0.2, -0.15) is 0 Å². The Morgan fingerprint density at radius 3 is 2.26 bits per heavy atom. The molecule has 31 heavy (non-hydrogen) atoms. The summed E-state index contributed by atoms with van der Waals surface area (Å²) in [4.78, 5) is 25.3. The number of amides is 3. The lowest BCUT2D eigenvalue weighted by Gasteiger charge is -2.35. The highest BCUT2D eigenvalue weighted by molar-refractivity contribution is 6.54. The zero-order valence-electron chi connectivity index (χ0n) is 18.4. The van der Waals surface area contributed by atoms with Crippen LogP contribution in [0.3, 0.4) is 0 Å². The van der Waals surface area contributed by atoms with E-state index in [4.69, 9.17) is 27.9 Å². The van der Waals surface area contributed by atoms with Gasteiger partial charge in [-0.1, -0.05) is 61.3 Å². The first-order valence-electron chi connectivity index (χ1n) is 10.0. The molecule has 3 amide bonds. The Morgan fingerprint density at radius 2 is 1.71 bits per heavy atom. The fourth-order valence-corrected chi connectivity index (χ4v) is 3.14. The van der Waals surface area contributed by atoms with Crippen molar-refractivity contribution in [3.8, 4) is 5.75 Å². The number of urea groups is 1. The summed E-state index contributed by atoms with van der Waals surface area (Å²) in [6, 6.07) is 15.1. The number of carbonyl (C=O) groups is 2. The maximum absolute atomic E-state index is 11.9. The predicted octanol–water partition coefficient (Wildman–Crippen LogP) is 5.51. The van der Waals surface area contributed by atoms with Gasteiger partial charge in [0.2, 0.25) is 0 Å². The van der Waals surface area contributed by atoms with Crippen LogP contribution in [0.5, 0.6) is 5.75 Å². The Hall–Kier alpha value is -2.44. The summed E-state index contributed by atoms with van der Waals surface area (Å²) in [7, 11) is 3.44. The lowest BCUT2D eigenvalue weighted by Crippen LogP contribution is -2.47. The zero-order valence-corrected chi connectivity index (χ0v) is 19.9. The lowest BCUT2D eigenvalue weighted by molar-refractivity contribution is -0.117. The monoisotopic (exact) mass is 465 g/mol. The summed E-state index contributed by atoms with van der Waals surface area (Å²) in [6.07, 6.45) is 0. The Labute approximate surface area is 194 Å². The molecule has 6 nitrogen and oxygen atoms in total. The van der Waals surface area contributed by atoms with Crippen LogP contribution in [-0.4, -0.2) is 48.4 Å². The van der Waals surface area contributed by atoms with E-state index in [1.165, 1.54) is 10.5 Å². The van der Waals surface area contributed by atoms with Crippen molar-refractivity contribution < 1.29 is 14.3 Å². The van der Waals surface area contributed by atoms with Crippen molar-refractivity contribution >= 4 is 46.5 Å². The minimum Gasteiger partial charge on any atom is -0.489 e. The minimum atomic E-state index is -1.05. The van der Waals surface area contributed by atoms with Crippen LogP contribution in [0.4, 0.5) is 16.2 Å². The van der Waals surface area contributed by atoms with Gasteiger partial charge in [0.15, 0.2) is 4.84 Å². The molecule has 1 aliphatic heterocycles. The molecule has 0 aromatic heterocycles. The number of rotatable bonds is 3. The van der Waals surface area contributed by atoms with Gasteiger partial charge in [-0.15, -0.1) is 0 Å². The third-order valence-electron chi connectivity index (χ3n) is 4.70. The molecule has 1 N–H and O–H groups in total. The molecule has 2 aromatic rings. The molecule has 0 saturated carbocycles. The number of alkyl halides is 2. The summed E-state index contributed by atoms with van der Waals surface area (Å²) in [6.45, 7) is 6.63. The van der Waals surface area contributed by atoms with E-state index < -0.39 is 4.84 Å². The number of fused-ring (bicyclic) bond motifs is 1. The Morgan fingerprint density at radius 1 is 1.10 bits per heavy atom. The first kappa shape index (κ1) is 24.8. The smallest absolute Gasteiger partial charge is 0.321 e. The molecule has 3 rings (SSSR count). The Kier molecular flexibility index (Phi) is 9.01. The highest BCUT2D eigenvalue weighted by Crippen LogP contribution is 2.34. The average Bonchev–Trinajstić information content (AvgIpc) is 2.74. The van der Waals surface area contributed by atoms with Gasteiger partial charge < -0.3 is 19.9 Å². The van der Waals surface area contributed by atoms with Crippen LogP contribution in [0.25, 0.3) is 0 Å². The second kappa shape index (κ2) is 11.3. The number of anilines is 2. The molecular weight excluding hydrogens is 437 g/mol. The molecule has 168 valence electrons. The highest BCUT2D eigenvalue weighted by atomic mass is 35.5. The summed E-state index contributed by atoms with van der Waals surface area (Å²) in [5.74, 6) is 0.887. The fourth-order valence-electron chi connectivity index (χ4n) is 2.93. The van der Waals surface area contributed by atoms with Gasteiger partial charge in [-0.25, -0.2) is 4.79 Å². The van der Waals surface area contributed by atoms with Crippen molar-refractivity contribution in [3.63, 3.8) is 0 Å². The second-order valence-corrected chi connectivity index (χ2v) is 8.83. The third-order valence-corrected chi connectivity index (χ3v) is 5.08. The SMILES string of the molecule is CC(C)c1ccc(NC(=O)N(C)C)cc1.CC1COc2ccccc2N1C(=O)C(Cl)Cl. The highest BCUT2D eigenvalue weighted by Gasteiger charge is 2.31. The van der Waals surface area contributed by atoms with E-state index in [1.54, 1.807) is 19.0 Å². The largest absolute Gasteiger partial charge is 0.489 e. The summed E-state index contributed by atoms with van der Waals surface area (Å²) in [5, 5.41) is 2.79. The van der Waals surface area contributed by atoms with E-state index in [0.717, 1.165) is 11.4 Å². The number of benzene rings is 2. The minimum absolute atomic E-state index is 0.0672. The lowest BCUT2D eigenvalue weighted by atomic mass is 10.0. The fraction of sp³-hybridized carbons (Fsp3) is 0.391. The number of hydrogen-bond donors (Lipinski definition) is 1. The summed E-state index contributed by atoms with van der Waals surface area (Å²) >= 11 is 11.3. The summed E-state index contributed by atoms with van der Waals surface area (Å²) < 4.78 is 5.52. The molecule has 1 heterocycles. The number of ether oxygens (including phenoxy) is 1. The molecule has 0 radical (unpaired) electrons. The molecule has 0 bridgehead atoms. The van der Waals surface area contributed by atoms with Crippen LogP contribution in [-0.2, 0) is 4.79 Å². The maximum atomic E-state index is 11.9. The predicted molar refractivity (Wildman–Crippen MR) is 128 cm³/mol. The molecule has 1 unspecified atom stereocenters. The topological polar surface area (TPSA) is 61.9 Å². The van der Waals surface area contributed by atoms with Gasteiger partial charge >= 0.3 is 6.03 Å². The molecule has 8 heteroatoms. The van der Waals surface area contributed by atoms with Crippen molar-refractivity contribution in [1.82, 2.24) is 4.90 Å². The first-order valence-corrected chi connectivity index (χ1v) is 10.9. The van der Waals surface area contributed by atoms with Crippen LogP contribution in [0.1, 0.15) is 32.3 Å². The van der Waals surface area contributed by atoms with E-state index in [1.807, 2.05) is 55.5 Å². The zero-order chi connectivity index (χ0) is 23.1. The van der Waals surface area contributed by atoms with E-state index >= 15 is 0 Å². The van der Waals surface area contributed by atoms with Gasteiger partial charge in [0.25, 0.3) is 5.91 Å². The van der Waals surface area contributed by atoms with E-state index in [-0.39, 0.29) is 18.0 Å². The van der Waals surface area contributed by atoms with Crippen LogP contribution < -0.4 is 15.0 Å². The molecule has 1 aliphatic rings. The average molecular weight is 466 g/mol. The van der Waals surface area contributed by atoms with E-state index in [2.05, 4.69) is 19.2 Å². The van der Waals surface area contributed by atoms with E-state index in [9.17, 15) is 9.59 Å². The number of nitrogens with one attached hydrogen (secondary N) is 1. The van der Waals surface area contributed by atoms with Crippen molar-refractivity contribution in [2.24, 2.45) is 0 Å². The number of carbonyl (C=O) groups excluding carboxylic acids is 2. The Balaban J connectivity index is 0.000000221. The van der Waals surface area contributed by atoms with Crippen LogP contribution in [0.15, 0.2) is 48.5 Å². The number of nitrogens with zero attached hydrogens (tertiary/aromatic N) is 2. The number of halogens is 2. The van der Waals surface area contributed by atoms with Gasteiger partial charge in [0.05, 0.1) is 11.7 Å². The van der Waals surface area contributed by atoms with Crippen molar-refractivity contribution in [2.75, 3.05) is 30.9 Å². The van der Waals surface area contributed by atoms with Gasteiger partial charge in [-0.3, -0.25) is 4.79 Å². The molecule has 0 fully saturated rings. The van der Waals surface area contributed by atoms with Crippen molar-refractivity contribution in [1.29, 1.82) is 0 Å². The maximum Gasteiger partial charge on any atom is 0.321 e. The van der Waals surface area contributed by atoms with Gasteiger partial charge in [0, 0.05) is 19.8 Å². The van der Waals surface area contributed by atoms with Crippen LogP contribution >= 0.6 is 23.2 Å². The molecule has 1 atom stereocenters. The van der Waals surface area contributed by atoms with Gasteiger partial charge in [-0.05, 0) is 42.7 Å². The first-order chi connectivity index (χ1) is 14.6. The van der Waals surface area contributed by atoms with Crippen molar-refractivity contribution in [3.05, 3.63) is 54.1 Å². The third kappa shape index (κ3) is 6.77. The number of para-hydroxylation sites is 2. The molecule has 0 saturated heterocycles.